The van der Waals surface area contributed by atoms with Crippen molar-refractivity contribution in [2.45, 2.75) is 6.42 Å². The van der Waals surface area contributed by atoms with Gasteiger partial charge in [0.1, 0.15) is 5.82 Å². The molecule has 0 amide bonds. The Kier molecular flexibility index (Phi) is 5.45. The van der Waals surface area contributed by atoms with Crippen LogP contribution in [0.15, 0.2) is 60.8 Å². The zero-order valence-electron chi connectivity index (χ0n) is 13.4. The second kappa shape index (κ2) is 8.13. The Labute approximate surface area is 151 Å². The van der Waals surface area contributed by atoms with Gasteiger partial charge in [0, 0.05) is 23.5 Å². The zero-order chi connectivity index (χ0) is 17.5. The van der Waals surface area contributed by atoms with Gasteiger partial charge in [0.25, 0.3) is 0 Å². The van der Waals surface area contributed by atoms with Crippen LogP contribution >= 0.6 is 11.6 Å². The van der Waals surface area contributed by atoms with Gasteiger partial charge in [0.15, 0.2) is 0 Å². The number of nitrogens with one attached hydrogen (secondary N) is 2. The van der Waals surface area contributed by atoms with Crippen LogP contribution in [0.2, 0.25) is 5.02 Å². The first kappa shape index (κ1) is 16.7. The molecule has 0 saturated carbocycles. The van der Waals surface area contributed by atoms with Gasteiger partial charge < -0.3 is 10.6 Å². The predicted octanol–water partition coefficient (Wildman–Crippen LogP) is 4.40. The summed E-state index contributed by atoms with van der Waals surface area (Å²) in [4.78, 5) is 8.65. The third-order valence-corrected chi connectivity index (χ3v) is 3.77. The van der Waals surface area contributed by atoms with Gasteiger partial charge in [-0.15, -0.1) is 0 Å². The molecule has 2 N–H and O–H groups in total. The minimum Gasteiger partial charge on any atom is -0.370 e. The molecule has 0 atom stereocenters. The Morgan fingerprint density at radius 1 is 1.08 bits per heavy atom. The molecule has 0 radical (unpaired) electrons. The van der Waals surface area contributed by atoms with Crippen LogP contribution in [0.5, 0.6) is 0 Å². The summed E-state index contributed by atoms with van der Waals surface area (Å²) in [6, 6.07) is 18.9. The molecule has 0 bridgehead atoms. The second-order valence-electron chi connectivity index (χ2n) is 5.39. The molecule has 124 valence electrons. The molecule has 0 aliphatic heterocycles. The smallest absolute Gasteiger partial charge is 0.229 e. The van der Waals surface area contributed by atoms with E-state index >= 15 is 0 Å². The van der Waals surface area contributed by atoms with Crippen LogP contribution in [0.4, 0.5) is 17.5 Å². The van der Waals surface area contributed by atoms with Crippen LogP contribution in [0.25, 0.3) is 0 Å². The summed E-state index contributed by atoms with van der Waals surface area (Å²) in [5, 5.41) is 16.0. The summed E-state index contributed by atoms with van der Waals surface area (Å²) in [6.45, 7) is 0.744. The maximum Gasteiger partial charge on any atom is 0.229 e. The Morgan fingerprint density at radius 2 is 1.92 bits per heavy atom. The molecule has 3 aromatic rings. The minimum absolute atomic E-state index is 0.498. The average Bonchev–Trinajstić information content (AvgIpc) is 2.63. The minimum atomic E-state index is 0.498. The molecule has 0 aliphatic carbocycles. The summed E-state index contributed by atoms with van der Waals surface area (Å²) < 4.78 is 0. The van der Waals surface area contributed by atoms with E-state index in [9.17, 15) is 0 Å². The summed E-state index contributed by atoms with van der Waals surface area (Å²) in [7, 11) is 0. The summed E-state index contributed by atoms with van der Waals surface area (Å²) in [5.41, 5.74) is 2.61. The van der Waals surface area contributed by atoms with Crippen molar-refractivity contribution in [2.24, 2.45) is 0 Å². The molecule has 5 nitrogen and oxygen atoms in total. The van der Waals surface area contributed by atoms with E-state index in [1.54, 1.807) is 18.3 Å². The van der Waals surface area contributed by atoms with E-state index in [0.717, 1.165) is 29.5 Å². The van der Waals surface area contributed by atoms with Gasteiger partial charge in [-0.1, -0.05) is 23.7 Å². The molecule has 0 spiro atoms. The number of halogens is 1. The first-order chi connectivity index (χ1) is 12.2. The van der Waals surface area contributed by atoms with Gasteiger partial charge in [-0.3, -0.25) is 0 Å². The normalized spacial score (nSPS) is 10.1. The number of hydrogen-bond acceptors (Lipinski definition) is 5. The largest absolute Gasteiger partial charge is 0.370 e. The lowest BCUT2D eigenvalue weighted by Crippen LogP contribution is -2.07. The number of nitrogens with zero attached hydrogens (tertiary/aromatic N) is 3. The SMILES string of the molecule is N#Cc1ccc(Nc2nccc(NCCc3cccc(Cl)c3)n2)cc1. The van der Waals surface area contributed by atoms with Gasteiger partial charge in [-0.2, -0.15) is 10.2 Å². The molecule has 0 saturated heterocycles. The lowest BCUT2D eigenvalue weighted by Gasteiger charge is -2.09. The Morgan fingerprint density at radius 3 is 2.68 bits per heavy atom. The first-order valence-corrected chi connectivity index (χ1v) is 8.19. The van der Waals surface area contributed by atoms with Gasteiger partial charge in [-0.05, 0) is 54.4 Å². The van der Waals surface area contributed by atoms with E-state index in [2.05, 4.69) is 26.7 Å². The van der Waals surface area contributed by atoms with Gasteiger partial charge >= 0.3 is 0 Å². The van der Waals surface area contributed by atoms with Crippen molar-refractivity contribution in [1.82, 2.24) is 9.97 Å². The average molecular weight is 350 g/mol. The second-order valence-corrected chi connectivity index (χ2v) is 5.82. The Bertz CT molecular complexity index is 887. The van der Waals surface area contributed by atoms with Crippen molar-refractivity contribution in [3.8, 4) is 6.07 Å². The van der Waals surface area contributed by atoms with E-state index < -0.39 is 0 Å². The predicted molar refractivity (Wildman–Crippen MR) is 100 cm³/mol. The fourth-order valence-electron chi connectivity index (χ4n) is 2.30. The van der Waals surface area contributed by atoms with Crippen molar-refractivity contribution in [2.75, 3.05) is 17.2 Å². The molecule has 0 aliphatic rings. The van der Waals surface area contributed by atoms with Gasteiger partial charge in [0.05, 0.1) is 11.6 Å². The fourth-order valence-corrected chi connectivity index (χ4v) is 2.51. The topological polar surface area (TPSA) is 73.6 Å². The number of hydrogen-bond donors (Lipinski definition) is 2. The highest BCUT2D eigenvalue weighted by Crippen LogP contribution is 2.15. The molecule has 2 aromatic carbocycles. The lowest BCUT2D eigenvalue weighted by atomic mass is 10.1. The van der Waals surface area contributed by atoms with Crippen LogP contribution in [-0.4, -0.2) is 16.5 Å². The molecular weight excluding hydrogens is 334 g/mol. The van der Waals surface area contributed by atoms with Crippen molar-refractivity contribution in [3.05, 3.63) is 76.9 Å². The highest BCUT2D eigenvalue weighted by atomic mass is 35.5. The van der Waals surface area contributed by atoms with E-state index in [1.165, 1.54) is 5.56 Å². The summed E-state index contributed by atoms with van der Waals surface area (Å²) >= 11 is 5.99. The van der Waals surface area contributed by atoms with Crippen LogP contribution in [0, 0.1) is 11.3 Å². The molecule has 1 aromatic heterocycles. The van der Waals surface area contributed by atoms with E-state index in [0.29, 0.717) is 11.5 Å². The Hall–Kier alpha value is -3.10. The van der Waals surface area contributed by atoms with Crippen LogP contribution < -0.4 is 10.6 Å². The number of benzene rings is 2. The highest BCUT2D eigenvalue weighted by Gasteiger charge is 2.01. The van der Waals surface area contributed by atoms with Gasteiger partial charge in [-0.25, -0.2) is 4.98 Å². The number of aromatic nitrogens is 2. The van der Waals surface area contributed by atoms with Crippen molar-refractivity contribution >= 4 is 29.1 Å². The van der Waals surface area contributed by atoms with E-state index in [-0.39, 0.29) is 0 Å². The van der Waals surface area contributed by atoms with Crippen molar-refractivity contribution < 1.29 is 0 Å². The molecular formula is C19H16ClN5. The quantitative estimate of drug-likeness (QED) is 0.690. The molecule has 6 heteroatoms. The highest BCUT2D eigenvalue weighted by molar-refractivity contribution is 6.30. The van der Waals surface area contributed by atoms with Crippen molar-refractivity contribution in [1.29, 1.82) is 5.26 Å². The van der Waals surface area contributed by atoms with Gasteiger partial charge in [0.2, 0.25) is 5.95 Å². The third kappa shape index (κ3) is 4.93. The summed E-state index contributed by atoms with van der Waals surface area (Å²) in [5.74, 6) is 1.24. The third-order valence-electron chi connectivity index (χ3n) is 3.53. The monoisotopic (exact) mass is 349 g/mol. The number of rotatable bonds is 6. The zero-order valence-corrected chi connectivity index (χ0v) is 14.2. The van der Waals surface area contributed by atoms with Crippen LogP contribution in [0.1, 0.15) is 11.1 Å². The van der Waals surface area contributed by atoms with E-state index in [1.807, 2.05) is 42.5 Å². The fraction of sp³-hybridized carbons (Fsp3) is 0.105. The lowest BCUT2D eigenvalue weighted by molar-refractivity contribution is 1.00. The molecule has 0 unspecified atom stereocenters. The molecule has 25 heavy (non-hydrogen) atoms. The molecule has 3 rings (SSSR count). The number of anilines is 3. The maximum atomic E-state index is 8.82. The standard InChI is InChI=1S/C19H16ClN5/c20-16-3-1-2-14(12-16)8-10-22-18-9-11-23-19(25-18)24-17-6-4-15(13-21)5-7-17/h1-7,9,11-12H,8,10H2,(H2,22,23,24,25). The van der Waals surface area contributed by atoms with Crippen LogP contribution in [-0.2, 0) is 6.42 Å². The first-order valence-electron chi connectivity index (χ1n) is 7.81. The van der Waals surface area contributed by atoms with E-state index in [4.69, 9.17) is 16.9 Å². The molecule has 0 fully saturated rings. The van der Waals surface area contributed by atoms with Crippen molar-refractivity contribution in [3.63, 3.8) is 0 Å². The Balaban J connectivity index is 1.58. The molecule has 1 heterocycles. The number of nitriles is 1. The van der Waals surface area contributed by atoms with Crippen LogP contribution in [0.3, 0.4) is 0 Å². The summed E-state index contributed by atoms with van der Waals surface area (Å²) in [6.07, 6.45) is 2.55. The maximum absolute atomic E-state index is 8.82.